The Kier molecular flexibility index (Phi) is 3.57. The zero-order chi connectivity index (χ0) is 15.7. The van der Waals surface area contributed by atoms with Gasteiger partial charge in [0, 0.05) is 6.20 Å². The quantitative estimate of drug-likeness (QED) is 0.742. The molecule has 9 heteroatoms. The van der Waals surface area contributed by atoms with E-state index in [1.807, 2.05) is 5.38 Å². The van der Waals surface area contributed by atoms with Gasteiger partial charge in [0.05, 0.1) is 11.4 Å². The summed E-state index contributed by atoms with van der Waals surface area (Å²) in [5, 5.41) is 5.51. The fourth-order valence-electron chi connectivity index (χ4n) is 1.85. The van der Waals surface area contributed by atoms with E-state index in [4.69, 9.17) is 4.52 Å². The Bertz CT molecular complexity index is 837. The number of thiophene rings is 1. The minimum Gasteiger partial charge on any atom is -0.333 e. The molecule has 0 radical (unpaired) electrons. The molecule has 0 saturated carbocycles. The van der Waals surface area contributed by atoms with Crippen LogP contribution in [0, 0.1) is 0 Å². The van der Waals surface area contributed by atoms with Gasteiger partial charge in [-0.25, -0.2) is 0 Å². The lowest BCUT2D eigenvalue weighted by Crippen LogP contribution is -2.28. The van der Waals surface area contributed by atoms with Gasteiger partial charge in [-0.2, -0.15) is 18.2 Å². The molecule has 3 aromatic rings. The molecule has 0 aliphatic carbocycles. The second-order valence-electron chi connectivity index (χ2n) is 4.35. The van der Waals surface area contributed by atoms with Crippen LogP contribution >= 0.6 is 11.3 Å². The first-order chi connectivity index (χ1) is 10.4. The molecule has 0 aliphatic rings. The Labute approximate surface area is 125 Å². The Hall–Kier alpha value is -2.42. The maximum atomic E-state index is 12.7. The number of hydrogen-bond donors (Lipinski definition) is 0. The normalized spacial score (nSPS) is 11.8. The second kappa shape index (κ2) is 5.41. The molecule has 5 nitrogen and oxygen atoms in total. The Morgan fingerprint density at radius 3 is 2.77 bits per heavy atom. The lowest BCUT2D eigenvalue weighted by molar-refractivity contribution is -0.138. The highest BCUT2D eigenvalue weighted by atomic mass is 32.1. The smallest absolute Gasteiger partial charge is 0.333 e. The summed E-state index contributed by atoms with van der Waals surface area (Å²) in [5.41, 5.74) is -2.37. The number of hydrogen-bond acceptors (Lipinski definition) is 5. The first-order valence-electron chi connectivity index (χ1n) is 6.08. The molecule has 0 atom stereocenters. The van der Waals surface area contributed by atoms with E-state index in [-0.39, 0.29) is 18.3 Å². The summed E-state index contributed by atoms with van der Waals surface area (Å²) in [5.74, 6) is 0.398. The first kappa shape index (κ1) is 14.5. The average molecular weight is 327 g/mol. The van der Waals surface area contributed by atoms with E-state index in [1.54, 1.807) is 12.1 Å². The third-order valence-electron chi connectivity index (χ3n) is 2.84. The van der Waals surface area contributed by atoms with Gasteiger partial charge >= 0.3 is 6.18 Å². The summed E-state index contributed by atoms with van der Waals surface area (Å²) in [4.78, 5) is 16.6. The van der Waals surface area contributed by atoms with Crippen LogP contribution in [0.3, 0.4) is 0 Å². The minimum atomic E-state index is -4.69. The molecule has 3 heterocycles. The Morgan fingerprint density at radius 1 is 1.27 bits per heavy atom. The zero-order valence-electron chi connectivity index (χ0n) is 10.9. The van der Waals surface area contributed by atoms with Crippen molar-refractivity contribution < 1.29 is 17.7 Å². The van der Waals surface area contributed by atoms with Gasteiger partial charge in [0.15, 0.2) is 5.82 Å². The first-order valence-corrected chi connectivity index (χ1v) is 6.96. The van der Waals surface area contributed by atoms with Gasteiger partial charge < -0.3 is 9.09 Å². The van der Waals surface area contributed by atoms with E-state index in [9.17, 15) is 18.0 Å². The summed E-state index contributed by atoms with van der Waals surface area (Å²) in [7, 11) is 0. The number of nitrogens with zero attached hydrogens (tertiary/aromatic N) is 3. The van der Waals surface area contributed by atoms with E-state index >= 15 is 0 Å². The van der Waals surface area contributed by atoms with Crippen molar-refractivity contribution >= 4 is 11.3 Å². The van der Waals surface area contributed by atoms with Crippen molar-refractivity contribution in [3.63, 3.8) is 0 Å². The van der Waals surface area contributed by atoms with Crippen LogP contribution in [-0.2, 0) is 12.7 Å². The van der Waals surface area contributed by atoms with E-state index in [0.29, 0.717) is 0 Å². The minimum absolute atomic E-state index is 0.129. The third-order valence-corrected chi connectivity index (χ3v) is 3.70. The Morgan fingerprint density at radius 2 is 2.09 bits per heavy atom. The maximum Gasteiger partial charge on any atom is 0.421 e. The predicted molar refractivity (Wildman–Crippen MR) is 72.4 cm³/mol. The molecule has 0 aromatic carbocycles. The van der Waals surface area contributed by atoms with Gasteiger partial charge in [-0.1, -0.05) is 11.2 Å². The highest BCUT2D eigenvalue weighted by Crippen LogP contribution is 2.26. The molecule has 0 fully saturated rings. The largest absolute Gasteiger partial charge is 0.421 e. The maximum absolute atomic E-state index is 12.7. The van der Waals surface area contributed by atoms with Crippen LogP contribution in [0.2, 0.25) is 0 Å². The molecule has 3 aromatic heterocycles. The van der Waals surface area contributed by atoms with Crippen LogP contribution in [0.25, 0.3) is 10.8 Å². The molecular weight excluding hydrogens is 319 g/mol. The molecule has 0 bridgehead atoms. The monoisotopic (exact) mass is 327 g/mol. The fraction of sp³-hybridized carbons (Fsp3) is 0.154. The van der Waals surface area contributed by atoms with Gasteiger partial charge in [0.1, 0.15) is 5.56 Å². The predicted octanol–water partition coefficient (Wildman–Crippen LogP) is 3.03. The molecule has 114 valence electrons. The highest BCUT2D eigenvalue weighted by molar-refractivity contribution is 7.13. The van der Waals surface area contributed by atoms with E-state index in [1.165, 1.54) is 17.5 Å². The Balaban J connectivity index is 1.90. The lowest BCUT2D eigenvalue weighted by Gasteiger charge is -2.08. The molecule has 0 N–H and O–H groups in total. The summed E-state index contributed by atoms with van der Waals surface area (Å²) in [6.07, 6.45) is -3.45. The number of alkyl halides is 3. The molecule has 0 saturated heterocycles. The summed E-state index contributed by atoms with van der Waals surface area (Å²) in [6.45, 7) is -0.197. The molecule has 3 rings (SSSR count). The highest BCUT2D eigenvalue weighted by Gasteiger charge is 2.34. The standard InChI is InChI=1S/C13H8F3N3O2S/c14-13(15,16)8-3-1-5-19(12(8)20)7-10-17-11(21-18-10)9-4-2-6-22-9/h1-6H,7H2. The SMILES string of the molecule is O=c1c(C(F)(F)F)cccn1Cc1noc(-c2cccs2)n1. The van der Waals surface area contributed by atoms with Gasteiger partial charge in [-0.05, 0) is 23.6 Å². The van der Waals surface area contributed by atoms with E-state index in [0.717, 1.165) is 21.6 Å². The van der Waals surface area contributed by atoms with Crippen LogP contribution in [0.4, 0.5) is 13.2 Å². The van der Waals surface area contributed by atoms with Crippen LogP contribution in [0.5, 0.6) is 0 Å². The number of rotatable bonds is 3. The van der Waals surface area contributed by atoms with Crippen LogP contribution in [0.1, 0.15) is 11.4 Å². The van der Waals surface area contributed by atoms with E-state index in [2.05, 4.69) is 10.1 Å². The topological polar surface area (TPSA) is 60.9 Å². The zero-order valence-corrected chi connectivity index (χ0v) is 11.7. The van der Waals surface area contributed by atoms with Crippen molar-refractivity contribution in [1.29, 1.82) is 0 Å². The number of aromatic nitrogens is 3. The number of halogens is 3. The molecule has 0 aliphatic heterocycles. The van der Waals surface area contributed by atoms with Crippen molar-refractivity contribution in [3.8, 4) is 10.8 Å². The van der Waals surface area contributed by atoms with E-state index < -0.39 is 17.3 Å². The van der Waals surface area contributed by atoms with Gasteiger partial charge in [0.2, 0.25) is 0 Å². The fourth-order valence-corrected chi connectivity index (χ4v) is 2.49. The van der Waals surface area contributed by atoms with Crippen LogP contribution in [0.15, 0.2) is 45.2 Å². The summed E-state index contributed by atoms with van der Waals surface area (Å²) >= 11 is 1.39. The molecule has 0 spiro atoms. The van der Waals surface area contributed by atoms with Crippen molar-refractivity contribution in [2.45, 2.75) is 12.7 Å². The van der Waals surface area contributed by atoms with Gasteiger partial charge in [-0.15, -0.1) is 11.3 Å². The van der Waals surface area contributed by atoms with Crippen molar-refractivity contribution in [2.24, 2.45) is 0 Å². The van der Waals surface area contributed by atoms with Crippen molar-refractivity contribution in [3.05, 3.63) is 57.6 Å². The molecular formula is C13H8F3N3O2S. The van der Waals surface area contributed by atoms with Crippen LogP contribution < -0.4 is 5.56 Å². The number of pyridine rings is 1. The molecule has 0 unspecified atom stereocenters. The summed E-state index contributed by atoms with van der Waals surface area (Å²) in [6, 6.07) is 5.48. The van der Waals surface area contributed by atoms with Crippen molar-refractivity contribution in [2.75, 3.05) is 0 Å². The molecule has 0 amide bonds. The van der Waals surface area contributed by atoms with Crippen LogP contribution in [-0.4, -0.2) is 14.7 Å². The van der Waals surface area contributed by atoms with Gasteiger partial charge in [0.25, 0.3) is 11.4 Å². The van der Waals surface area contributed by atoms with Crippen molar-refractivity contribution in [1.82, 2.24) is 14.7 Å². The average Bonchev–Trinajstić information content (AvgIpc) is 3.10. The third kappa shape index (κ3) is 2.80. The molecule has 22 heavy (non-hydrogen) atoms. The summed E-state index contributed by atoms with van der Waals surface area (Å²) < 4.78 is 44.0. The lowest BCUT2D eigenvalue weighted by atomic mass is 10.2. The van der Waals surface area contributed by atoms with Gasteiger partial charge in [-0.3, -0.25) is 4.79 Å². The second-order valence-corrected chi connectivity index (χ2v) is 5.29.